The number of carbonyl (C=O) groups is 1. The van der Waals surface area contributed by atoms with E-state index < -0.39 is 0 Å². The van der Waals surface area contributed by atoms with E-state index in [2.05, 4.69) is 0 Å². The number of hydrogen-bond donors (Lipinski definition) is 0. The molecule has 2 heteroatoms. The van der Waals surface area contributed by atoms with E-state index in [1.807, 2.05) is 0 Å². The molecule has 1 nitrogen and oxygen atoms in total. The molecule has 0 amide bonds. The summed E-state index contributed by atoms with van der Waals surface area (Å²) in [4.78, 5) is 8.81. The number of aldehydes is 1. The normalized spacial score (nSPS) is 3.25. The molecule has 0 aromatic heterocycles. The van der Waals surface area contributed by atoms with Crippen LogP contribution in [0, 0.1) is 0 Å². The van der Waals surface area contributed by atoms with Crippen LogP contribution in [0.15, 0.2) is 0 Å². The van der Waals surface area contributed by atoms with Crippen molar-refractivity contribution in [1.82, 2.24) is 0 Å². The van der Waals surface area contributed by atoms with Gasteiger partial charge in [0, 0.05) is 0 Å². The van der Waals surface area contributed by atoms with Gasteiger partial charge in [0.2, 0.25) is 0 Å². The van der Waals surface area contributed by atoms with Gasteiger partial charge in [-0.2, -0.15) is 0 Å². The van der Waals surface area contributed by atoms with E-state index in [-0.39, 0.29) is 27.3 Å². The molecule has 0 aliphatic carbocycles. The first-order valence-electron chi connectivity index (χ1n) is 0.813. The molecular weight excluding hydrogens is 247 g/mol. The summed E-state index contributed by atoms with van der Waals surface area (Å²) in [6.45, 7) is 1.44. The van der Waals surface area contributed by atoms with E-state index in [1.54, 1.807) is 0 Å². The number of hydrogen-bond acceptors (Lipinski definition) is 1. The molecule has 0 aromatic rings. The van der Waals surface area contributed by atoms with Crippen LogP contribution in [-0.4, -0.2) is 33.6 Å². The fourth-order valence-corrected chi connectivity index (χ4v) is 0. The molecule has 0 aliphatic heterocycles. The molecule has 24 valence electrons. The van der Waals surface area contributed by atoms with Crippen molar-refractivity contribution in [3.05, 3.63) is 0 Å². The Morgan fingerprint density at radius 3 is 1.75 bits per heavy atom. The SMILES string of the molecule is CC=O.[PbH2]. The third kappa shape index (κ3) is 18.7. The molecule has 4 heavy (non-hydrogen) atoms. The van der Waals surface area contributed by atoms with Crippen LogP contribution >= 0.6 is 0 Å². The topological polar surface area (TPSA) is 17.1 Å². The third-order valence-electron chi connectivity index (χ3n) is 0. The van der Waals surface area contributed by atoms with E-state index in [9.17, 15) is 0 Å². The zero-order chi connectivity index (χ0) is 2.71. The van der Waals surface area contributed by atoms with Gasteiger partial charge < -0.3 is 4.79 Å². The molecule has 0 unspecified atom stereocenters. The molecule has 0 atom stereocenters. The van der Waals surface area contributed by atoms with Gasteiger partial charge >= 0.3 is 27.3 Å². The van der Waals surface area contributed by atoms with Crippen LogP contribution in [0.5, 0.6) is 0 Å². The van der Waals surface area contributed by atoms with Gasteiger partial charge in [-0.25, -0.2) is 0 Å². The predicted molar refractivity (Wildman–Crippen MR) is 20.3 cm³/mol. The van der Waals surface area contributed by atoms with Crippen molar-refractivity contribution in [3.8, 4) is 0 Å². The van der Waals surface area contributed by atoms with Crippen LogP contribution in [-0.2, 0) is 4.79 Å². The van der Waals surface area contributed by atoms with Gasteiger partial charge in [-0.1, -0.05) is 0 Å². The van der Waals surface area contributed by atoms with Gasteiger partial charge in [0.05, 0.1) is 0 Å². The minimum absolute atomic E-state index is 0. The molecule has 0 N–H and O–H groups in total. The van der Waals surface area contributed by atoms with Crippen LogP contribution in [0.2, 0.25) is 0 Å². The fraction of sp³-hybridized carbons (Fsp3) is 0.500. The van der Waals surface area contributed by atoms with Crippen molar-refractivity contribution in [1.29, 1.82) is 0 Å². The first kappa shape index (κ1) is 8.82. The van der Waals surface area contributed by atoms with Gasteiger partial charge in [-0.15, -0.1) is 0 Å². The Morgan fingerprint density at radius 1 is 1.75 bits per heavy atom. The van der Waals surface area contributed by atoms with Crippen molar-refractivity contribution in [3.63, 3.8) is 0 Å². The Hall–Kier alpha value is 0.592. The zero-order valence-electron chi connectivity index (χ0n) is 2.69. The second-order valence-electron chi connectivity index (χ2n) is 0.236. The summed E-state index contributed by atoms with van der Waals surface area (Å²) in [6.07, 6.45) is 0.750. The van der Waals surface area contributed by atoms with E-state index in [1.165, 1.54) is 6.92 Å². The van der Waals surface area contributed by atoms with Crippen molar-refractivity contribution in [2.45, 2.75) is 6.92 Å². The maximum absolute atomic E-state index is 8.81. The summed E-state index contributed by atoms with van der Waals surface area (Å²) in [6, 6.07) is 0. The van der Waals surface area contributed by atoms with Crippen LogP contribution < -0.4 is 0 Å². The van der Waals surface area contributed by atoms with Crippen molar-refractivity contribution in [2.75, 3.05) is 0 Å². The molecule has 0 heterocycles. The number of carbonyl (C=O) groups excluding carboxylic acids is 1. The molecule has 0 saturated carbocycles. The van der Waals surface area contributed by atoms with E-state index >= 15 is 0 Å². The van der Waals surface area contributed by atoms with Crippen LogP contribution in [0.1, 0.15) is 6.92 Å². The second-order valence-corrected chi connectivity index (χ2v) is 0.236. The molecule has 0 rings (SSSR count). The Morgan fingerprint density at radius 2 is 1.75 bits per heavy atom. The van der Waals surface area contributed by atoms with E-state index in [0.717, 1.165) is 6.29 Å². The van der Waals surface area contributed by atoms with Crippen LogP contribution in [0.3, 0.4) is 0 Å². The molecule has 2 radical (unpaired) electrons. The van der Waals surface area contributed by atoms with Gasteiger partial charge in [0.15, 0.2) is 0 Å². The van der Waals surface area contributed by atoms with Crippen molar-refractivity contribution in [2.24, 2.45) is 0 Å². The van der Waals surface area contributed by atoms with Gasteiger partial charge in [0.25, 0.3) is 0 Å². The quantitative estimate of drug-likeness (QED) is 0.412. The summed E-state index contributed by atoms with van der Waals surface area (Å²) < 4.78 is 0. The average Bonchev–Trinajstić information content (AvgIpc) is 0.918. The van der Waals surface area contributed by atoms with E-state index in [0.29, 0.717) is 0 Å². The van der Waals surface area contributed by atoms with Crippen LogP contribution in [0.25, 0.3) is 0 Å². The summed E-state index contributed by atoms with van der Waals surface area (Å²) in [5, 5.41) is 0. The molecular formula is C2H6OPb. The molecule has 0 fully saturated rings. The van der Waals surface area contributed by atoms with Crippen molar-refractivity contribution >= 4 is 33.6 Å². The second kappa shape index (κ2) is 9.52. The maximum atomic E-state index is 8.81. The van der Waals surface area contributed by atoms with Gasteiger partial charge in [-0.3, -0.25) is 0 Å². The molecule has 0 aliphatic rings. The Labute approximate surface area is 45.5 Å². The van der Waals surface area contributed by atoms with E-state index in [4.69, 9.17) is 4.79 Å². The van der Waals surface area contributed by atoms with Crippen molar-refractivity contribution < 1.29 is 4.79 Å². The fourth-order valence-electron chi connectivity index (χ4n) is 0. The summed E-state index contributed by atoms with van der Waals surface area (Å²) >= 11 is 0. The standard InChI is InChI=1S/C2H4O.Pb.2H/c1-2-3;;;/h2H,1H3;;;. The van der Waals surface area contributed by atoms with Gasteiger partial charge in [-0.05, 0) is 6.92 Å². The minimum atomic E-state index is 0. The first-order chi connectivity index (χ1) is 1.41. The third-order valence-corrected chi connectivity index (χ3v) is 0. The molecule has 0 spiro atoms. The molecule has 0 saturated heterocycles. The zero-order valence-corrected chi connectivity index (χ0v) is 8.19. The molecule has 0 bridgehead atoms. The predicted octanol–water partition coefficient (Wildman–Crippen LogP) is -0.711. The number of rotatable bonds is 0. The van der Waals surface area contributed by atoms with Gasteiger partial charge in [0.1, 0.15) is 6.29 Å². The molecule has 0 aromatic carbocycles. The summed E-state index contributed by atoms with van der Waals surface area (Å²) in [7, 11) is 0. The summed E-state index contributed by atoms with van der Waals surface area (Å²) in [5.74, 6) is 0. The van der Waals surface area contributed by atoms with Crippen LogP contribution in [0.4, 0.5) is 0 Å². The summed E-state index contributed by atoms with van der Waals surface area (Å²) in [5.41, 5.74) is 0. The average molecular weight is 253 g/mol. The monoisotopic (exact) mass is 254 g/mol. The first-order valence-corrected chi connectivity index (χ1v) is 0.813. The Kier molecular flexibility index (Phi) is 21.0. The Balaban J connectivity index is 0. The Bertz CT molecular complexity index is 13.5.